The third kappa shape index (κ3) is 3.77. The van der Waals surface area contributed by atoms with Crippen LogP contribution in [0, 0.1) is 6.92 Å². The highest BCUT2D eigenvalue weighted by atomic mass is 35.5. The van der Waals surface area contributed by atoms with Crippen LogP contribution in [0.3, 0.4) is 0 Å². The Balaban J connectivity index is 1.59. The Morgan fingerprint density at radius 3 is 2.78 bits per heavy atom. The molecule has 4 rings (SSSR count). The van der Waals surface area contributed by atoms with Gasteiger partial charge in [0, 0.05) is 17.2 Å². The first-order valence-electron chi connectivity index (χ1n) is 8.26. The lowest BCUT2D eigenvalue weighted by Crippen LogP contribution is -2.12. The Morgan fingerprint density at radius 2 is 1.96 bits per heavy atom. The van der Waals surface area contributed by atoms with E-state index in [9.17, 15) is 4.79 Å². The second kappa shape index (κ2) is 7.34. The molecular formula is C20H15ClN4OS. The van der Waals surface area contributed by atoms with Crippen LogP contribution in [0.5, 0.6) is 0 Å². The number of benzene rings is 2. The molecule has 27 heavy (non-hydrogen) atoms. The number of amides is 1. The van der Waals surface area contributed by atoms with Crippen molar-refractivity contribution in [3.05, 3.63) is 77.0 Å². The Hall–Kier alpha value is -2.96. The van der Waals surface area contributed by atoms with Crippen LogP contribution in [0.15, 0.2) is 60.7 Å². The number of thiazole rings is 1. The summed E-state index contributed by atoms with van der Waals surface area (Å²) in [4.78, 5) is 17.0. The van der Waals surface area contributed by atoms with Crippen LogP contribution in [0.4, 0.5) is 5.82 Å². The topological polar surface area (TPSA) is 59.8 Å². The van der Waals surface area contributed by atoms with Crippen molar-refractivity contribution in [2.45, 2.75) is 6.92 Å². The van der Waals surface area contributed by atoms with Crippen LogP contribution in [0.2, 0.25) is 5.02 Å². The van der Waals surface area contributed by atoms with E-state index >= 15 is 0 Å². The van der Waals surface area contributed by atoms with E-state index in [1.807, 2.05) is 55.5 Å². The van der Waals surface area contributed by atoms with Crippen LogP contribution in [0.25, 0.3) is 21.4 Å². The van der Waals surface area contributed by atoms with Gasteiger partial charge in [-0.05, 0) is 36.8 Å². The molecule has 0 radical (unpaired) electrons. The second-order valence-corrected chi connectivity index (χ2v) is 7.31. The molecular weight excluding hydrogens is 380 g/mol. The maximum atomic E-state index is 12.4. The number of aryl methyl sites for hydroxylation is 1. The average molecular weight is 395 g/mol. The van der Waals surface area contributed by atoms with E-state index in [0.717, 1.165) is 21.5 Å². The minimum absolute atomic E-state index is 0.266. The molecule has 1 N–H and O–H groups in total. The van der Waals surface area contributed by atoms with Crippen LogP contribution >= 0.6 is 22.9 Å². The van der Waals surface area contributed by atoms with Gasteiger partial charge < -0.3 is 5.32 Å². The van der Waals surface area contributed by atoms with E-state index in [2.05, 4.69) is 15.4 Å². The number of fused-ring (bicyclic) bond motifs is 1. The van der Waals surface area contributed by atoms with E-state index in [-0.39, 0.29) is 5.91 Å². The molecule has 134 valence electrons. The van der Waals surface area contributed by atoms with Crippen molar-refractivity contribution in [3.63, 3.8) is 0 Å². The molecule has 0 fully saturated rings. The molecule has 0 bridgehead atoms. The molecule has 0 spiro atoms. The standard InChI is InChI=1S/C20H15ClN4OS/c1-13-12-18(23-19(26)11-10-14-6-2-3-7-15(14)21)25(24-13)20-22-16-8-4-5-9-17(16)27-20/h2-12H,1H3,(H,23,26)/b11-10+. The minimum Gasteiger partial charge on any atom is -0.307 e. The molecule has 2 heterocycles. The number of aromatic nitrogens is 3. The number of halogens is 1. The van der Waals surface area contributed by atoms with Crippen molar-refractivity contribution in [1.29, 1.82) is 0 Å². The van der Waals surface area contributed by atoms with E-state index in [4.69, 9.17) is 11.6 Å². The normalized spacial score (nSPS) is 11.3. The molecule has 0 unspecified atom stereocenters. The molecule has 7 heteroatoms. The molecule has 1 amide bonds. The van der Waals surface area contributed by atoms with E-state index in [1.165, 1.54) is 17.4 Å². The van der Waals surface area contributed by atoms with Gasteiger partial charge in [0.2, 0.25) is 11.0 Å². The van der Waals surface area contributed by atoms with Crippen molar-refractivity contribution < 1.29 is 4.79 Å². The first kappa shape index (κ1) is 17.5. The predicted molar refractivity (Wildman–Crippen MR) is 111 cm³/mol. The minimum atomic E-state index is -0.266. The van der Waals surface area contributed by atoms with Crippen molar-refractivity contribution >= 4 is 51.0 Å². The number of anilines is 1. The molecule has 2 aromatic carbocycles. The zero-order valence-corrected chi connectivity index (χ0v) is 16.0. The zero-order valence-electron chi connectivity index (χ0n) is 14.4. The van der Waals surface area contributed by atoms with Crippen LogP contribution in [-0.4, -0.2) is 20.7 Å². The van der Waals surface area contributed by atoms with Gasteiger partial charge in [-0.3, -0.25) is 4.79 Å². The van der Waals surface area contributed by atoms with Crippen LogP contribution in [0.1, 0.15) is 11.3 Å². The molecule has 2 aromatic heterocycles. The number of carbonyl (C=O) groups is 1. The van der Waals surface area contributed by atoms with Gasteiger partial charge in [-0.25, -0.2) is 4.98 Å². The Morgan fingerprint density at radius 1 is 1.19 bits per heavy atom. The summed E-state index contributed by atoms with van der Waals surface area (Å²) in [5.74, 6) is 0.303. The fourth-order valence-corrected chi connectivity index (χ4v) is 3.76. The monoisotopic (exact) mass is 394 g/mol. The SMILES string of the molecule is Cc1cc(NC(=O)/C=C/c2ccccc2Cl)n(-c2nc3ccccc3s2)n1. The second-order valence-electron chi connectivity index (χ2n) is 5.89. The zero-order chi connectivity index (χ0) is 18.8. The van der Waals surface area contributed by atoms with E-state index in [0.29, 0.717) is 16.0 Å². The highest BCUT2D eigenvalue weighted by molar-refractivity contribution is 7.20. The lowest BCUT2D eigenvalue weighted by Gasteiger charge is -2.04. The van der Waals surface area contributed by atoms with Gasteiger partial charge in [-0.15, -0.1) is 0 Å². The maximum Gasteiger partial charge on any atom is 0.249 e. The van der Waals surface area contributed by atoms with Gasteiger partial charge in [0.1, 0.15) is 5.82 Å². The molecule has 0 atom stereocenters. The van der Waals surface area contributed by atoms with Gasteiger partial charge in [0.15, 0.2) is 0 Å². The lowest BCUT2D eigenvalue weighted by molar-refractivity contribution is -0.111. The summed E-state index contributed by atoms with van der Waals surface area (Å²) in [6.45, 7) is 1.87. The number of carbonyl (C=O) groups excluding carboxylic acids is 1. The summed E-state index contributed by atoms with van der Waals surface area (Å²) in [5.41, 5.74) is 2.48. The highest BCUT2D eigenvalue weighted by Gasteiger charge is 2.13. The fraction of sp³-hybridized carbons (Fsp3) is 0.0500. The Kier molecular flexibility index (Phi) is 4.75. The third-order valence-electron chi connectivity index (χ3n) is 3.87. The van der Waals surface area contributed by atoms with Crippen molar-refractivity contribution in [2.75, 3.05) is 5.32 Å². The van der Waals surface area contributed by atoms with Crippen molar-refractivity contribution in [3.8, 4) is 5.13 Å². The van der Waals surface area contributed by atoms with Gasteiger partial charge in [-0.1, -0.05) is 53.3 Å². The summed E-state index contributed by atoms with van der Waals surface area (Å²) in [6.07, 6.45) is 3.13. The van der Waals surface area contributed by atoms with E-state index < -0.39 is 0 Å². The number of hydrogen-bond acceptors (Lipinski definition) is 4. The molecule has 5 nitrogen and oxygen atoms in total. The quantitative estimate of drug-likeness (QED) is 0.490. The summed E-state index contributed by atoms with van der Waals surface area (Å²) in [7, 11) is 0. The van der Waals surface area contributed by atoms with Crippen molar-refractivity contribution in [2.24, 2.45) is 0 Å². The Labute approximate surface area is 164 Å². The average Bonchev–Trinajstić information content (AvgIpc) is 3.24. The molecule has 0 aliphatic carbocycles. The van der Waals surface area contributed by atoms with Gasteiger partial charge >= 0.3 is 0 Å². The largest absolute Gasteiger partial charge is 0.307 e. The van der Waals surface area contributed by atoms with Crippen LogP contribution in [-0.2, 0) is 4.79 Å². The number of para-hydroxylation sites is 1. The van der Waals surface area contributed by atoms with Gasteiger partial charge in [0.25, 0.3) is 0 Å². The lowest BCUT2D eigenvalue weighted by atomic mass is 10.2. The molecule has 4 aromatic rings. The smallest absolute Gasteiger partial charge is 0.249 e. The summed E-state index contributed by atoms with van der Waals surface area (Å²) >= 11 is 7.63. The summed E-state index contributed by atoms with van der Waals surface area (Å²) in [5, 5.41) is 8.63. The maximum absolute atomic E-state index is 12.4. The number of hydrogen-bond donors (Lipinski definition) is 1. The van der Waals surface area contributed by atoms with E-state index in [1.54, 1.807) is 16.8 Å². The third-order valence-corrected chi connectivity index (χ3v) is 5.22. The van der Waals surface area contributed by atoms with Gasteiger partial charge in [0.05, 0.1) is 15.9 Å². The molecule has 0 saturated heterocycles. The number of nitrogens with zero attached hydrogens (tertiary/aromatic N) is 3. The number of rotatable bonds is 4. The number of nitrogens with one attached hydrogen (secondary N) is 1. The fourth-order valence-electron chi connectivity index (χ4n) is 2.63. The predicted octanol–water partition coefficient (Wildman–Crippen LogP) is 5.10. The van der Waals surface area contributed by atoms with Crippen LogP contribution < -0.4 is 5.32 Å². The molecule has 0 saturated carbocycles. The highest BCUT2D eigenvalue weighted by Crippen LogP contribution is 2.27. The van der Waals surface area contributed by atoms with Crippen molar-refractivity contribution in [1.82, 2.24) is 14.8 Å². The summed E-state index contributed by atoms with van der Waals surface area (Å²) in [6, 6.07) is 17.0. The molecule has 0 aliphatic rings. The Bertz CT molecular complexity index is 1130. The summed E-state index contributed by atoms with van der Waals surface area (Å²) < 4.78 is 2.72. The first-order chi connectivity index (χ1) is 13.1. The first-order valence-corrected chi connectivity index (χ1v) is 9.46. The molecule has 0 aliphatic heterocycles. The van der Waals surface area contributed by atoms with Gasteiger partial charge in [-0.2, -0.15) is 9.78 Å².